The molecule has 10 heteroatoms. The maximum atomic E-state index is 12.5. The number of carbonyl (C=O) groups excluding carboxylic acids is 2. The fraction of sp³-hybridized carbons (Fsp3) is 0.100. The average Bonchev–Trinajstić information content (AvgIpc) is 3.26. The molecule has 0 aliphatic rings. The Bertz CT molecular complexity index is 1160. The largest absolute Gasteiger partial charge is 0.462 e. The summed E-state index contributed by atoms with van der Waals surface area (Å²) in [5.41, 5.74) is 1.25. The predicted octanol–water partition coefficient (Wildman–Crippen LogP) is 4.63. The first-order valence-corrected chi connectivity index (χ1v) is 11.5. The van der Waals surface area contributed by atoms with E-state index in [1.54, 1.807) is 18.4 Å². The van der Waals surface area contributed by atoms with Crippen LogP contribution < -0.4 is 10.0 Å². The van der Waals surface area contributed by atoms with Gasteiger partial charge in [-0.15, -0.1) is 11.3 Å². The van der Waals surface area contributed by atoms with Gasteiger partial charge in [0.25, 0.3) is 15.9 Å². The normalized spacial score (nSPS) is 11.0. The molecule has 0 fully saturated rings. The molecule has 1 aromatic heterocycles. The molecule has 30 heavy (non-hydrogen) atoms. The number of benzene rings is 2. The van der Waals surface area contributed by atoms with Gasteiger partial charge in [-0.25, -0.2) is 13.2 Å². The third-order valence-electron chi connectivity index (χ3n) is 3.89. The standard InChI is InChI=1S/C20H17ClN2O5S2/c1-2-28-20(25)14-7-10-17(16(21)12-14)22-19(24)13-5-8-15(9-6-13)23-30(26,27)18-4-3-11-29-18/h3-12,23H,2H2,1H3,(H,22,24). The highest BCUT2D eigenvalue weighted by Crippen LogP contribution is 2.25. The number of esters is 1. The van der Waals surface area contributed by atoms with E-state index in [4.69, 9.17) is 16.3 Å². The maximum absolute atomic E-state index is 12.5. The fourth-order valence-corrected chi connectivity index (χ4v) is 4.74. The average molecular weight is 465 g/mol. The highest BCUT2D eigenvalue weighted by atomic mass is 35.5. The summed E-state index contributed by atoms with van der Waals surface area (Å²) < 4.78 is 32.1. The van der Waals surface area contributed by atoms with Gasteiger partial charge in [0.1, 0.15) is 4.21 Å². The van der Waals surface area contributed by atoms with Crippen molar-refractivity contribution in [2.75, 3.05) is 16.6 Å². The number of sulfonamides is 1. The number of hydrogen-bond donors (Lipinski definition) is 2. The molecular weight excluding hydrogens is 448 g/mol. The minimum Gasteiger partial charge on any atom is -0.462 e. The lowest BCUT2D eigenvalue weighted by atomic mass is 10.1. The van der Waals surface area contributed by atoms with Crippen LogP contribution in [-0.4, -0.2) is 26.9 Å². The van der Waals surface area contributed by atoms with Crippen LogP contribution in [0.4, 0.5) is 11.4 Å². The van der Waals surface area contributed by atoms with Crippen LogP contribution in [0.3, 0.4) is 0 Å². The van der Waals surface area contributed by atoms with Crippen LogP contribution in [0.15, 0.2) is 64.2 Å². The number of anilines is 2. The summed E-state index contributed by atoms with van der Waals surface area (Å²) in [5, 5.41) is 4.52. The zero-order valence-electron chi connectivity index (χ0n) is 15.7. The smallest absolute Gasteiger partial charge is 0.338 e. The van der Waals surface area contributed by atoms with E-state index in [1.165, 1.54) is 48.5 Å². The first-order valence-electron chi connectivity index (χ1n) is 8.74. The first kappa shape index (κ1) is 21.8. The van der Waals surface area contributed by atoms with Gasteiger partial charge in [-0.05, 0) is 60.8 Å². The van der Waals surface area contributed by atoms with E-state index >= 15 is 0 Å². The lowest BCUT2D eigenvalue weighted by Crippen LogP contribution is -2.14. The lowest BCUT2D eigenvalue weighted by Gasteiger charge is -2.10. The first-order chi connectivity index (χ1) is 14.3. The summed E-state index contributed by atoms with van der Waals surface area (Å²) in [6.07, 6.45) is 0. The van der Waals surface area contributed by atoms with Crippen molar-refractivity contribution in [3.8, 4) is 0 Å². The van der Waals surface area contributed by atoms with Crippen LogP contribution >= 0.6 is 22.9 Å². The van der Waals surface area contributed by atoms with Gasteiger partial charge in [-0.1, -0.05) is 17.7 Å². The van der Waals surface area contributed by atoms with E-state index in [2.05, 4.69) is 10.0 Å². The third-order valence-corrected chi connectivity index (χ3v) is 6.98. The summed E-state index contributed by atoms with van der Waals surface area (Å²) in [6.45, 7) is 1.95. The molecule has 1 amide bonds. The Kier molecular flexibility index (Phi) is 6.76. The van der Waals surface area contributed by atoms with Crippen molar-refractivity contribution < 1.29 is 22.7 Å². The summed E-state index contributed by atoms with van der Waals surface area (Å²) in [4.78, 5) is 24.2. The number of carbonyl (C=O) groups is 2. The van der Waals surface area contributed by atoms with Crippen molar-refractivity contribution in [3.05, 3.63) is 76.1 Å². The van der Waals surface area contributed by atoms with Gasteiger partial charge in [0.05, 0.1) is 22.9 Å². The van der Waals surface area contributed by atoms with Crippen molar-refractivity contribution >= 4 is 56.2 Å². The molecule has 0 aliphatic heterocycles. The quantitative estimate of drug-likeness (QED) is 0.496. The van der Waals surface area contributed by atoms with Gasteiger partial charge in [0.15, 0.2) is 0 Å². The van der Waals surface area contributed by atoms with Crippen molar-refractivity contribution in [1.82, 2.24) is 0 Å². The molecular formula is C20H17ClN2O5S2. The Hall–Kier alpha value is -2.88. The maximum Gasteiger partial charge on any atom is 0.338 e. The Morgan fingerprint density at radius 1 is 1.07 bits per heavy atom. The minimum absolute atomic E-state index is 0.189. The van der Waals surface area contributed by atoms with Gasteiger partial charge in [0, 0.05) is 11.3 Å². The zero-order chi connectivity index (χ0) is 21.7. The van der Waals surface area contributed by atoms with Crippen LogP contribution in [0.25, 0.3) is 0 Å². The monoisotopic (exact) mass is 464 g/mol. The summed E-state index contributed by atoms with van der Waals surface area (Å²) in [6, 6.07) is 13.5. The molecule has 0 aliphatic carbocycles. The van der Waals surface area contributed by atoms with Crippen molar-refractivity contribution in [1.29, 1.82) is 0 Å². The molecule has 0 spiro atoms. The van der Waals surface area contributed by atoms with Crippen LogP contribution in [0.5, 0.6) is 0 Å². The van der Waals surface area contributed by atoms with Gasteiger partial charge in [-0.2, -0.15) is 0 Å². The van der Waals surface area contributed by atoms with E-state index in [0.29, 0.717) is 16.9 Å². The molecule has 0 radical (unpaired) electrons. The number of halogens is 1. The Morgan fingerprint density at radius 2 is 1.77 bits per heavy atom. The van der Waals surface area contributed by atoms with E-state index < -0.39 is 21.9 Å². The van der Waals surface area contributed by atoms with E-state index in [1.807, 2.05) is 0 Å². The molecule has 0 bridgehead atoms. The van der Waals surface area contributed by atoms with Crippen molar-refractivity contribution in [2.24, 2.45) is 0 Å². The number of rotatable bonds is 7. The zero-order valence-corrected chi connectivity index (χ0v) is 18.1. The molecule has 156 valence electrons. The molecule has 7 nitrogen and oxygen atoms in total. The highest BCUT2D eigenvalue weighted by molar-refractivity contribution is 7.94. The predicted molar refractivity (Wildman–Crippen MR) is 117 cm³/mol. The van der Waals surface area contributed by atoms with Crippen molar-refractivity contribution in [2.45, 2.75) is 11.1 Å². The van der Waals surface area contributed by atoms with E-state index in [-0.39, 0.29) is 21.4 Å². The summed E-state index contributed by atoms with van der Waals surface area (Å²) in [7, 11) is -3.66. The van der Waals surface area contributed by atoms with Crippen LogP contribution in [-0.2, 0) is 14.8 Å². The SMILES string of the molecule is CCOC(=O)c1ccc(NC(=O)c2ccc(NS(=O)(=O)c3cccs3)cc2)c(Cl)c1. The van der Waals surface area contributed by atoms with E-state index in [0.717, 1.165) is 11.3 Å². The molecule has 3 rings (SSSR count). The Morgan fingerprint density at radius 3 is 2.37 bits per heavy atom. The number of amides is 1. The molecule has 2 aromatic carbocycles. The van der Waals surface area contributed by atoms with Gasteiger partial charge >= 0.3 is 5.97 Å². The molecule has 1 heterocycles. The second-order valence-corrected chi connectivity index (χ2v) is 9.25. The molecule has 0 atom stereocenters. The molecule has 0 saturated heterocycles. The number of thiophene rings is 1. The summed E-state index contributed by atoms with van der Waals surface area (Å²) in [5.74, 6) is -0.939. The van der Waals surface area contributed by atoms with E-state index in [9.17, 15) is 18.0 Å². The number of ether oxygens (including phenoxy) is 1. The molecule has 2 N–H and O–H groups in total. The minimum atomic E-state index is -3.66. The van der Waals surface area contributed by atoms with Gasteiger partial charge < -0.3 is 10.1 Å². The topological polar surface area (TPSA) is 102 Å². The molecule has 0 unspecified atom stereocenters. The Balaban J connectivity index is 1.68. The molecule has 0 saturated carbocycles. The summed E-state index contributed by atoms with van der Waals surface area (Å²) >= 11 is 7.26. The Labute approximate surface area is 182 Å². The lowest BCUT2D eigenvalue weighted by molar-refractivity contribution is 0.0526. The van der Waals surface area contributed by atoms with Crippen LogP contribution in [0.1, 0.15) is 27.6 Å². The van der Waals surface area contributed by atoms with Gasteiger partial charge in [0.2, 0.25) is 0 Å². The highest BCUT2D eigenvalue weighted by Gasteiger charge is 2.16. The molecule has 3 aromatic rings. The van der Waals surface area contributed by atoms with Gasteiger partial charge in [-0.3, -0.25) is 9.52 Å². The third kappa shape index (κ3) is 5.18. The van der Waals surface area contributed by atoms with Crippen LogP contribution in [0.2, 0.25) is 5.02 Å². The van der Waals surface area contributed by atoms with Crippen LogP contribution in [0, 0.1) is 0 Å². The fourth-order valence-electron chi connectivity index (χ4n) is 2.46. The number of nitrogens with one attached hydrogen (secondary N) is 2. The second-order valence-electron chi connectivity index (χ2n) is 5.98. The number of hydrogen-bond acceptors (Lipinski definition) is 6. The van der Waals surface area contributed by atoms with Crippen molar-refractivity contribution in [3.63, 3.8) is 0 Å². The second kappa shape index (κ2) is 9.29.